The van der Waals surface area contributed by atoms with Crippen LogP contribution in [-0.2, 0) is 36.3 Å². The number of esters is 1. The normalized spacial score (nSPS) is 12.5. The van der Waals surface area contributed by atoms with Gasteiger partial charge in [-0.05, 0) is 49.5 Å². The van der Waals surface area contributed by atoms with E-state index in [0.29, 0.717) is 29.4 Å². The van der Waals surface area contributed by atoms with Crippen LogP contribution in [0.5, 0.6) is 0 Å². The summed E-state index contributed by atoms with van der Waals surface area (Å²) in [6.45, 7) is 13.5. The summed E-state index contributed by atoms with van der Waals surface area (Å²) >= 11 is 6.75. The molecule has 2 aromatic heterocycles. The van der Waals surface area contributed by atoms with E-state index < -0.39 is 14.3 Å². The number of fused-ring (bicyclic) bond motifs is 1. The lowest BCUT2D eigenvalue weighted by atomic mass is 9.98. The van der Waals surface area contributed by atoms with E-state index in [-0.39, 0.29) is 11.6 Å². The van der Waals surface area contributed by atoms with Gasteiger partial charge < -0.3 is 18.8 Å². The predicted molar refractivity (Wildman–Crippen MR) is 144 cm³/mol. The Morgan fingerprint density at radius 1 is 1.20 bits per heavy atom. The molecule has 9 heteroatoms. The Bertz CT molecular complexity index is 1250. The Morgan fingerprint density at radius 2 is 1.86 bits per heavy atom. The van der Waals surface area contributed by atoms with Crippen molar-refractivity contribution >= 4 is 36.8 Å². The van der Waals surface area contributed by atoms with Crippen molar-refractivity contribution in [2.45, 2.75) is 65.3 Å². The second-order valence-electron chi connectivity index (χ2n) is 10.6. The second-order valence-corrected chi connectivity index (χ2v) is 15.8. The summed E-state index contributed by atoms with van der Waals surface area (Å²) < 4.78 is 15.1. The summed E-state index contributed by atoms with van der Waals surface area (Å²) in [5.74, 6) is -0.392. The number of aliphatic hydroxyl groups excluding tert-OH is 1. The van der Waals surface area contributed by atoms with Gasteiger partial charge >= 0.3 is 5.97 Å². The van der Waals surface area contributed by atoms with Gasteiger partial charge in [0.25, 0.3) is 0 Å². The van der Waals surface area contributed by atoms with E-state index in [0.717, 1.165) is 39.7 Å². The van der Waals surface area contributed by atoms with Gasteiger partial charge in [-0.1, -0.05) is 38.4 Å². The molecule has 3 rings (SSSR count). The van der Waals surface area contributed by atoms with Gasteiger partial charge in [-0.3, -0.25) is 4.68 Å². The summed E-state index contributed by atoms with van der Waals surface area (Å²) in [5, 5.41) is 16.1. The topological polar surface area (TPSA) is 78.5 Å². The molecule has 7 nitrogen and oxygen atoms in total. The van der Waals surface area contributed by atoms with Crippen molar-refractivity contribution < 1.29 is 19.1 Å². The van der Waals surface area contributed by atoms with Crippen molar-refractivity contribution in [3.8, 4) is 11.1 Å². The van der Waals surface area contributed by atoms with E-state index >= 15 is 0 Å². The maximum Gasteiger partial charge on any atom is 0.354 e. The molecule has 1 aromatic carbocycles. The number of ether oxygens (including phenoxy) is 1. The molecule has 0 saturated heterocycles. The molecule has 0 aliphatic rings. The maximum atomic E-state index is 12.9. The van der Waals surface area contributed by atoms with Crippen molar-refractivity contribution in [3.63, 3.8) is 0 Å². The van der Waals surface area contributed by atoms with Crippen LogP contribution in [0.1, 0.15) is 54.6 Å². The van der Waals surface area contributed by atoms with Gasteiger partial charge in [0.2, 0.25) is 0 Å². The average molecular weight is 520 g/mol. The molecule has 0 fully saturated rings. The number of carbonyl (C=O) groups is 1. The molecule has 0 spiro atoms. The van der Waals surface area contributed by atoms with Crippen LogP contribution in [0.2, 0.25) is 23.2 Å². The molecule has 0 amide bonds. The van der Waals surface area contributed by atoms with Crippen LogP contribution in [0.3, 0.4) is 0 Å². The van der Waals surface area contributed by atoms with Gasteiger partial charge in [-0.15, -0.1) is 0 Å². The number of aromatic nitrogens is 3. The molecule has 3 aromatic rings. The minimum Gasteiger partial charge on any atom is -0.464 e. The average Bonchev–Trinajstić information content (AvgIpc) is 3.23. The zero-order chi connectivity index (χ0) is 26.3. The van der Waals surface area contributed by atoms with E-state index in [9.17, 15) is 9.90 Å². The van der Waals surface area contributed by atoms with Crippen LogP contribution in [0, 0.1) is 6.92 Å². The van der Waals surface area contributed by atoms with Gasteiger partial charge in [-0.2, -0.15) is 5.10 Å². The Labute approximate surface area is 214 Å². The summed E-state index contributed by atoms with van der Waals surface area (Å²) in [6, 6.07) is 3.81. The number of halogens is 1. The lowest BCUT2D eigenvalue weighted by molar-refractivity contribution is 0.0589. The number of nitrogens with zero attached hydrogens (tertiary/aromatic N) is 3. The van der Waals surface area contributed by atoms with Crippen molar-refractivity contribution in [1.29, 1.82) is 0 Å². The SMILES string of the molecule is COC(=O)c1c(CCCO[Si](C)(C)C(C)(C)C)c2ccc(Cl)c(-c3c(CO)nn(C)c3C)c2n1C. The Balaban J connectivity index is 2.14. The summed E-state index contributed by atoms with van der Waals surface area (Å²) in [5.41, 5.74) is 5.22. The van der Waals surface area contributed by atoms with Crippen LogP contribution < -0.4 is 0 Å². The van der Waals surface area contributed by atoms with Gasteiger partial charge in [0.05, 0.1) is 29.9 Å². The fourth-order valence-electron chi connectivity index (χ4n) is 4.35. The number of methoxy groups -OCH3 is 1. The number of aliphatic hydroxyl groups is 1. The molecule has 0 bridgehead atoms. The number of carbonyl (C=O) groups excluding carboxylic acids is 1. The van der Waals surface area contributed by atoms with Crippen molar-refractivity contribution in [3.05, 3.63) is 39.8 Å². The number of hydrogen-bond acceptors (Lipinski definition) is 5. The highest BCUT2D eigenvalue weighted by Gasteiger charge is 2.37. The molecule has 1 N–H and O–H groups in total. The first-order valence-corrected chi connectivity index (χ1v) is 15.2. The fourth-order valence-corrected chi connectivity index (χ4v) is 5.69. The minimum atomic E-state index is -1.86. The Hall–Kier alpha value is -2.13. The van der Waals surface area contributed by atoms with E-state index in [1.165, 1.54) is 7.11 Å². The standard InChI is InChI=1S/C26H38ClN3O4Si/c1-16-21(20(15-31)28-30(16)6)22-19(27)13-12-18-17(24(25(32)33-7)29(5)23(18)22)11-10-14-34-35(8,9)26(2,3)4/h12-13,31H,10-11,14-15H2,1-9H3. The molecule has 2 heterocycles. The second kappa shape index (κ2) is 10.1. The first-order valence-electron chi connectivity index (χ1n) is 11.9. The predicted octanol–water partition coefficient (Wildman–Crippen LogP) is 5.77. The highest BCUT2D eigenvalue weighted by atomic mass is 35.5. The molecule has 0 aliphatic heterocycles. The Kier molecular flexibility index (Phi) is 7.91. The molecule has 192 valence electrons. The summed E-state index contributed by atoms with van der Waals surface area (Å²) in [6.07, 6.45) is 1.44. The molecular formula is C26H38ClN3O4Si. The smallest absolute Gasteiger partial charge is 0.354 e. The molecular weight excluding hydrogens is 482 g/mol. The van der Waals surface area contributed by atoms with Crippen molar-refractivity contribution in [1.82, 2.24) is 14.3 Å². The quantitative estimate of drug-likeness (QED) is 0.232. The molecule has 0 atom stereocenters. The van der Waals surface area contributed by atoms with Crippen molar-refractivity contribution in [2.75, 3.05) is 13.7 Å². The van der Waals surface area contributed by atoms with E-state index in [1.807, 2.05) is 37.7 Å². The lowest BCUT2D eigenvalue weighted by Gasteiger charge is -2.36. The third-order valence-corrected chi connectivity index (χ3v) is 12.3. The molecule has 35 heavy (non-hydrogen) atoms. The van der Waals surface area contributed by atoms with Crippen molar-refractivity contribution in [2.24, 2.45) is 14.1 Å². The summed E-state index contributed by atoms with van der Waals surface area (Å²) in [4.78, 5) is 12.9. The number of rotatable bonds is 8. The molecule has 0 aliphatic carbocycles. The third-order valence-electron chi connectivity index (χ3n) is 7.43. The third kappa shape index (κ3) is 4.94. The van der Waals surface area contributed by atoms with Crippen LogP contribution in [-0.4, -0.2) is 47.5 Å². The number of hydrogen-bond donors (Lipinski definition) is 1. The highest BCUT2D eigenvalue weighted by molar-refractivity contribution is 6.74. The van der Waals surface area contributed by atoms with Gasteiger partial charge in [0, 0.05) is 42.9 Å². The lowest BCUT2D eigenvalue weighted by Crippen LogP contribution is -2.41. The van der Waals surface area contributed by atoms with E-state index in [4.69, 9.17) is 20.8 Å². The highest BCUT2D eigenvalue weighted by Crippen LogP contribution is 2.42. The van der Waals surface area contributed by atoms with Crippen LogP contribution in [0.4, 0.5) is 0 Å². The zero-order valence-corrected chi connectivity index (χ0v) is 24.1. The van der Waals surface area contributed by atoms with Crippen LogP contribution >= 0.6 is 11.6 Å². The minimum absolute atomic E-state index is 0.140. The first kappa shape index (κ1) is 27.5. The Morgan fingerprint density at radius 3 is 2.43 bits per heavy atom. The summed E-state index contributed by atoms with van der Waals surface area (Å²) in [7, 11) is 3.23. The van der Waals surface area contributed by atoms with Gasteiger partial charge in [0.15, 0.2) is 8.32 Å². The van der Waals surface area contributed by atoms with Gasteiger partial charge in [0.1, 0.15) is 5.69 Å². The van der Waals surface area contributed by atoms with E-state index in [1.54, 1.807) is 4.68 Å². The monoisotopic (exact) mass is 519 g/mol. The maximum absolute atomic E-state index is 12.9. The zero-order valence-electron chi connectivity index (χ0n) is 22.4. The van der Waals surface area contributed by atoms with Gasteiger partial charge in [-0.25, -0.2) is 4.79 Å². The fraction of sp³-hybridized carbons (Fsp3) is 0.538. The first-order chi connectivity index (χ1) is 16.3. The van der Waals surface area contributed by atoms with Crippen LogP contribution in [0.15, 0.2) is 12.1 Å². The number of aryl methyl sites for hydroxylation is 3. The number of benzene rings is 1. The van der Waals surface area contributed by atoms with Crippen LogP contribution in [0.25, 0.3) is 22.0 Å². The molecule has 0 saturated carbocycles. The largest absolute Gasteiger partial charge is 0.464 e. The van der Waals surface area contributed by atoms with E-state index in [2.05, 4.69) is 39.0 Å². The molecule has 0 unspecified atom stereocenters. The molecule has 0 radical (unpaired) electrons.